The van der Waals surface area contributed by atoms with Crippen LogP contribution in [0.5, 0.6) is 0 Å². The number of furan rings is 1. The Balaban J connectivity index is 1.51. The predicted molar refractivity (Wildman–Crippen MR) is 110 cm³/mol. The Bertz CT molecular complexity index is 1130. The van der Waals surface area contributed by atoms with Crippen molar-refractivity contribution in [2.24, 2.45) is 0 Å². The van der Waals surface area contributed by atoms with E-state index in [1.165, 1.54) is 0 Å². The number of hydrogen-bond donors (Lipinski definition) is 0. The topological polar surface area (TPSA) is 90.2 Å². The molecule has 8 nitrogen and oxygen atoms in total. The van der Waals surface area contributed by atoms with Crippen molar-refractivity contribution in [3.05, 3.63) is 71.6 Å². The first-order chi connectivity index (χ1) is 14.5. The van der Waals surface area contributed by atoms with Crippen LogP contribution in [0.15, 0.2) is 57.6 Å². The van der Waals surface area contributed by atoms with Gasteiger partial charge in [-0.1, -0.05) is 6.92 Å². The third kappa shape index (κ3) is 4.03. The molecular weight excluding hydrogens is 382 g/mol. The van der Waals surface area contributed by atoms with Gasteiger partial charge >= 0.3 is 0 Å². The van der Waals surface area contributed by atoms with E-state index >= 15 is 0 Å². The molecule has 0 saturated carbocycles. The van der Waals surface area contributed by atoms with E-state index in [1.54, 1.807) is 23.3 Å². The average molecular weight is 405 g/mol. The lowest BCUT2D eigenvalue weighted by Crippen LogP contribution is -2.31. The number of carbonyl (C=O) groups excluding carboxylic acids is 1. The molecule has 154 valence electrons. The van der Waals surface area contributed by atoms with Gasteiger partial charge in [0, 0.05) is 17.8 Å². The van der Waals surface area contributed by atoms with E-state index in [0.717, 1.165) is 23.5 Å². The number of amides is 1. The minimum atomic E-state index is -0.0884. The Morgan fingerprint density at radius 3 is 2.57 bits per heavy atom. The van der Waals surface area contributed by atoms with Crippen LogP contribution in [0.1, 0.15) is 41.0 Å². The van der Waals surface area contributed by atoms with Gasteiger partial charge in [-0.25, -0.2) is 4.68 Å². The van der Waals surface area contributed by atoms with Gasteiger partial charge in [-0.2, -0.15) is 5.10 Å². The highest BCUT2D eigenvalue weighted by Crippen LogP contribution is 2.20. The van der Waals surface area contributed by atoms with E-state index < -0.39 is 0 Å². The number of aryl methyl sites for hydroxylation is 2. The van der Waals surface area contributed by atoms with E-state index in [2.05, 4.69) is 15.3 Å². The highest BCUT2D eigenvalue weighted by Gasteiger charge is 2.20. The highest BCUT2D eigenvalue weighted by molar-refractivity contribution is 5.94. The molecule has 1 amide bonds. The van der Waals surface area contributed by atoms with Gasteiger partial charge in [0.05, 0.1) is 24.2 Å². The molecule has 1 aromatic carbocycles. The molecule has 0 aliphatic rings. The van der Waals surface area contributed by atoms with Gasteiger partial charge in [-0.05, 0) is 62.7 Å². The maximum absolute atomic E-state index is 13.1. The molecule has 0 bridgehead atoms. The summed E-state index contributed by atoms with van der Waals surface area (Å²) in [5.41, 5.74) is 3.51. The van der Waals surface area contributed by atoms with E-state index in [0.29, 0.717) is 29.6 Å². The van der Waals surface area contributed by atoms with Crippen LogP contribution in [0.4, 0.5) is 0 Å². The lowest BCUT2D eigenvalue weighted by molar-refractivity contribution is 0.0728. The van der Waals surface area contributed by atoms with Gasteiger partial charge in [-0.3, -0.25) is 4.79 Å². The van der Waals surface area contributed by atoms with Crippen molar-refractivity contribution in [1.29, 1.82) is 0 Å². The van der Waals surface area contributed by atoms with Gasteiger partial charge in [0.1, 0.15) is 0 Å². The fourth-order valence-electron chi connectivity index (χ4n) is 3.32. The smallest absolute Gasteiger partial charge is 0.283 e. The first-order valence-electron chi connectivity index (χ1n) is 9.84. The second kappa shape index (κ2) is 8.36. The minimum absolute atomic E-state index is 0.0884. The largest absolute Gasteiger partial charge is 0.459 e. The number of nitrogens with zero attached hydrogens (tertiary/aromatic N) is 5. The lowest BCUT2D eigenvalue weighted by Gasteiger charge is -2.20. The summed E-state index contributed by atoms with van der Waals surface area (Å²) >= 11 is 0. The Morgan fingerprint density at radius 2 is 1.93 bits per heavy atom. The Hall–Kier alpha value is -3.68. The van der Waals surface area contributed by atoms with Crippen LogP contribution in [0.2, 0.25) is 0 Å². The summed E-state index contributed by atoms with van der Waals surface area (Å²) in [4.78, 5) is 14.8. The average Bonchev–Trinajstić information content (AvgIpc) is 3.48. The van der Waals surface area contributed by atoms with Gasteiger partial charge in [0.15, 0.2) is 5.76 Å². The lowest BCUT2D eigenvalue weighted by atomic mass is 10.1. The molecule has 3 heterocycles. The number of carbonyl (C=O) groups is 1. The summed E-state index contributed by atoms with van der Waals surface area (Å²) in [5, 5.41) is 12.5. The molecule has 0 aliphatic heterocycles. The quantitative estimate of drug-likeness (QED) is 0.458. The molecule has 0 aliphatic carbocycles. The molecule has 0 fully saturated rings. The molecule has 8 heteroatoms. The van der Waals surface area contributed by atoms with Crippen LogP contribution in [-0.4, -0.2) is 37.3 Å². The van der Waals surface area contributed by atoms with Crippen molar-refractivity contribution in [3.8, 4) is 17.3 Å². The van der Waals surface area contributed by atoms with Crippen LogP contribution in [-0.2, 0) is 6.54 Å². The summed E-state index contributed by atoms with van der Waals surface area (Å²) < 4.78 is 12.8. The fraction of sp³-hybridized carbons (Fsp3) is 0.273. The van der Waals surface area contributed by atoms with Crippen LogP contribution in [0.25, 0.3) is 17.3 Å². The normalized spacial score (nSPS) is 11.0. The van der Waals surface area contributed by atoms with Crippen molar-refractivity contribution in [2.45, 2.75) is 33.7 Å². The molecule has 0 N–H and O–H groups in total. The number of benzene rings is 1. The Kier molecular flexibility index (Phi) is 5.47. The zero-order valence-electron chi connectivity index (χ0n) is 17.2. The molecule has 0 saturated heterocycles. The summed E-state index contributed by atoms with van der Waals surface area (Å²) in [6.45, 7) is 6.80. The number of rotatable bonds is 7. The maximum atomic E-state index is 13.1. The minimum Gasteiger partial charge on any atom is -0.459 e. The van der Waals surface area contributed by atoms with Crippen molar-refractivity contribution in [2.75, 3.05) is 6.54 Å². The number of hydrogen-bond acceptors (Lipinski definition) is 6. The van der Waals surface area contributed by atoms with Gasteiger partial charge < -0.3 is 13.7 Å². The summed E-state index contributed by atoms with van der Waals surface area (Å²) in [5.74, 6) is 1.08. The molecule has 0 radical (unpaired) electrons. The second-order valence-electron chi connectivity index (χ2n) is 7.09. The molecule has 0 atom stereocenters. The summed E-state index contributed by atoms with van der Waals surface area (Å²) in [6, 6.07) is 13.0. The molecule has 3 aromatic heterocycles. The predicted octanol–water partition coefficient (Wildman–Crippen LogP) is 4.18. The van der Waals surface area contributed by atoms with Crippen molar-refractivity contribution in [3.63, 3.8) is 0 Å². The van der Waals surface area contributed by atoms with Crippen LogP contribution in [0.3, 0.4) is 0 Å². The fourth-order valence-corrected chi connectivity index (χ4v) is 3.32. The van der Waals surface area contributed by atoms with Crippen molar-refractivity contribution in [1.82, 2.24) is 24.9 Å². The zero-order chi connectivity index (χ0) is 21.1. The SMILES string of the molecule is CCCN(Cc1nnc(-c2ccco2)o1)C(=O)c1ccc(-n2nc(C)cc2C)cc1. The van der Waals surface area contributed by atoms with E-state index in [4.69, 9.17) is 8.83 Å². The first kappa shape index (κ1) is 19.6. The maximum Gasteiger partial charge on any atom is 0.283 e. The highest BCUT2D eigenvalue weighted by atomic mass is 16.4. The van der Waals surface area contributed by atoms with Gasteiger partial charge in [-0.15, -0.1) is 10.2 Å². The third-order valence-electron chi connectivity index (χ3n) is 4.67. The molecule has 4 rings (SSSR count). The Labute approximate surface area is 174 Å². The zero-order valence-corrected chi connectivity index (χ0v) is 17.2. The molecule has 0 spiro atoms. The standard InChI is InChI=1S/C22H23N5O3/c1-4-11-26(14-20-23-24-21(30-20)19-6-5-12-29-19)22(28)17-7-9-18(10-8-17)27-16(3)13-15(2)25-27/h5-10,12-13H,4,11,14H2,1-3H3. The monoisotopic (exact) mass is 405 g/mol. The van der Waals surface area contributed by atoms with Crippen molar-refractivity contribution < 1.29 is 13.6 Å². The number of aromatic nitrogens is 4. The first-order valence-corrected chi connectivity index (χ1v) is 9.84. The Morgan fingerprint density at radius 1 is 1.13 bits per heavy atom. The van der Waals surface area contributed by atoms with Crippen LogP contribution < -0.4 is 0 Å². The van der Waals surface area contributed by atoms with E-state index in [-0.39, 0.29) is 12.5 Å². The summed E-state index contributed by atoms with van der Waals surface area (Å²) in [6.07, 6.45) is 2.36. The molecule has 30 heavy (non-hydrogen) atoms. The molecule has 4 aromatic rings. The van der Waals surface area contributed by atoms with E-state index in [1.807, 2.05) is 55.8 Å². The summed E-state index contributed by atoms with van der Waals surface area (Å²) in [7, 11) is 0. The second-order valence-corrected chi connectivity index (χ2v) is 7.09. The molecule has 0 unspecified atom stereocenters. The van der Waals surface area contributed by atoms with Crippen molar-refractivity contribution >= 4 is 5.91 Å². The third-order valence-corrected chi connectivity index (χ3v) is 4.67. The molecular formula is C22H23N5O3. The van der Waals surface area contributed by atoms with Crippen LogP contribution >= 0.6 is 0 Å². The van der Waals surface area contributed by atoms with Gasteiger partial charge in [0.25, 0.3) is 11.8 Å². The van der Waals surface area contributed by atoms with E-state index in [9.17, 15) is 4.79 Å². The van der Waals surface area contributed by atoms with Gasteiger partial charge in [0.2, 0.25) is 5.89 Å². The van der Waals surface area contributed by atoms with Crippen LogP contribution in [0, 0.1) is 13.8 Å².